The number of nitrogens with one attached hydrogen (secondary N) is 1. The smallest absolute Gasteiger partial charge is 0.370 e. The molecule has 3 saturated heterocycles. The minimum absolute atomic E-state index is 0.0490. The van der Waals surface area contributed by atoms with Gasteiger partial charge in [-0.15, -0.1) is 0 Å². The summed E-state index contributed by atoms with van der Waals surface area (Å²) < 4.78 is 74.1. The van der Waals surface area contributed by atoms with Gasteiger partial charge < -0.3 is 4.74 Å². The van der Waals surface area contributed by atoms with Crippen molar-refractivity contribution >= 4 is 33.2 Å². The molecule has 2 bridgehead atoms. The lowest BCUT2D eigenvalue weighted by Gasteiger charge is -2.31. The fraction of sp³-hybridized carbons (Fsp3) is 0.375. The molecule has 0 aliphatic carbocycles. The number of fused-ring (bicyclic) bond motifs is 5. The number of carbonyl (C=O) groups is 2. The van der Waals surface area contributed by atoms with Crippen LogP contribution in [-0.2, 0) is 30.5 Å². The summed E-state index contributed by atoms with van der Waals surface area (Å²) in [4.78, 5) is 30.4. The molecule has 8 nitrogen and oxygen atoms in total. The van der Waals surface area contributed by atoms with Crippen LogP contribution in [0, 0.1) is 18.4 Å². The van der Waals surface area contributed by atoms with Gasteiger partial charge in [0.2, 0.25) is 21.8 Å². The number of ether oxygens (including phenoxy) is 1. The quantitative estimate of drug-likeness (QED) is 0.464. The standard InChI is InChI=1S/C24H20F3N3O5S/c1-28-17-8-7-14(13-16(17)24(25,26)27)30-21(31)19-18-9-10-23(35-18,20(19)22(30)32)11-12-29-36(33,34)15-5-3-2-4-6-15/h2-8,13,18-20,29H,9-12H2/t18?,19-,20+,23?/m1/s1. The Morgan fingerprint density at radius 1 is 1.14 bits per heavy atom. The molecule has 0 radical (unpaired) electrons. The average molecular weight is 520 g/mol. The topological polar surface area (TPSA) is 97.1 Å². The largest absolute Gasteiger partial charge is 0.407 e. The first kappa shape index (κ1) is 24.4. The summed E-state index contributed by atoms with van der Waals surface area (Å²) in [6.07, 6.45) is -4.40. The number of imide groups is 1. The lowest BCUT2D eigenvalue weighted by atomic mass is 9.71. The Balaban J connectivity index is 1.39. The zero-order chi connectivity index (χ0) is 25.9. The summed E-state index contributed by atoms with van der Waals surface area (Å²) in [6, 6.07) is 10.5. The predicted octanol–water partition coefficient (Wildman–Crippen LogP) is 3.66. The van der Waals surface area contributed by atoms with E-state index in [1.807, 2.05) is 0 Å². The van der Waals surface area contributed by atoms with Crippen LogP contribution in [0.3, 0.4) is 0 Å². The molecular formula is C24H20F3N3O5S. The predicted molar refractivity (Wildman–Crippen MR) is 120 cm³/mol. The van der Waals surface area contributed by atoms with Gasteiger partial charge in [0.25, 0.3) is 0 Å². The van der Waals surface area contributed by atoms with Crippen molar-refractivity contribution < 1.29 is 35.9 Å². The summed E-state index contributed by atoms with van der Waals surface area (Å²) in [5.41, 5.74) is -3.20. The van der Waals surface area contributed by atoms with Gasteiger partial charge in [-0.2, -0.15) is 13.2 Å². The highest BCUT2D eigenvalue weighted by Crippen LogP contribution is 2.57. The molecule has 3 aliphatic heterocycles. The number of alkyl halides is 3. The minimum atomic E-state index is -4.84. The van der Waals surface area contributed by atoms with Gasteiger partial charge in [0, 0.05) is 12.2 Å². The first-order valence-corrected chi connectivity index (χ1v) is 12.7. The fourth-order valence-electron chi connectivity index (χ4n) is 5.57. The van der Waals surface area contributed by atoms with E-state index in [-0.39, 0.29) is 23.5 Å². The van der Waals surface area contributed by atoms with E-state index >= 15 is 0 Å². The second kappa shape index (κ2) is 8.40. The maximum Gasteiger partial charge on any atom is 0.407 e. The summed E-state index contributed by atoms with van der Waals surface area (Å²) in [5.74, 6) is -3.11. The Morgan fingerprint density at radius 2 is 1.86 bits per heavy atom. The maximum absolute atomic E-state index is 13.5. The van der Waals surface area contributed by atoms with Crippen LogP contribution in [0.1, 0.15) is 24.8 Å². The van der Waals surface area contributed by atoms with Crippen molar-refractivity contribution in [1.29, 1.82) is 0 Å². The monoisotopic (exact) mass is 519 g/mol. The third-order valence-corrected chi connectivity index (χ3v) is 8.59. The van der Waals surface area contributed by atoms with E-state index in [4.69, 9.17) is 11.3 Å². The maximum atomic E-state index is 13.5. The fourth-order valence-corrected chi connectivity index (χ4v) is 6.62. The number of sulfonamides is 1. The van der Waals surface area contributed by atoms with Crippen LogP contribution in [0.15, 0.2) is 53.4 Å². The number of halogens is 3. The average Bonchev–Trinajstić information content (AvgIpc) is 3.48. The van der Waals surface area contributed by atoms with E-state index in [0.717, 1.165) is 17.0 Å². The highest BCUT2D eigenvalue weighted by molar-refractivity contribution is 7.89. The summed E-state index contributed by atoms with van der Waals surface area (Å²) in [5, 5.41) is 0. The van der Waals surface area contributed by atoms with Gasteiger partial charge in [0.1, 0.15) is 0 Å². The molecule has 3 fully saturated rings. The molecule has 36 heavy (non-hydrogen) atoms. The highest BCUT2D eigenvalue weighted by Gasteiger charge is 2.69. The Bertz CT molecular complexity index is 1390. The number of nitrogens with zero attached hydrogens (tertiary/aromatic N) is 2. The first-order valence-electron chi connectivity index (χ1n) is 11.2. The van der Waals surface area contributed by atoms with Crippen molar-refractivity contribution in [2.75, 3.05) is 11.4 Å². The van der Waals surface area contributed by atoms with Crippen molar-refractivity contribution in [3.63, 3.8) is 0 Å². The number of amides is 2. The lowest BCUT2D eigenvalue weighted by molar-refractivity contribution is -0.137. The molecular weight excluding hydrogens is 499 g/mol. The van der Waals surface area contributed by atoms with Crippen LogP contribution in [0.25, 0.3) is 4.85 Å². The van der Waals surface area contributed by atoms with E-state index < -0.39 is 62.8 Å². The van der Waals surface area contributed by atoms with Gasteiger partial charge in [-0.05, 0) is 43.5 Å². The summed E-state index contributed by atoms with van der Waals surface area (Å²) in [7, 11) is -3.80. The molecule has 1 N–H and O–H groups in total. The van der Waals surface area contributed by atoms with Crippen LogP contribution in [0.5, 0.6) is 0 Å². The van der Waals surface area contributed by atoms with E-state index in [9.17, 15) is 31.2 Å². The number of carbonyl (C=O) groups excluding carboxylic acids is 2. The molecule has 0 aromatic heterocycles. The number of hydrogen-bond acceptors (Lipinski definition) is 5. The van der Waals surface area contributed by atoms with Gasteiger partial charge >= 0.3 is 6.18 Å². The lowest BCUT2D eigenvalue weighted by Crippen LogP contribution is -2.44. The molecule has 3 aliphatic rings. The zero-order valence-electron chi connectivity index (χ0n) is 18.7. The second-order valence-electron chi connectivity index (χ2n) is 9.05. The number of rotatable bonds is 6. The number of anilines is 1. The minimum Gasteiger partial charge on any atom is -0.370 e. The number of hydrogen-bond donors (Lipinski definition) is 1. The molecule has 2 aromatic carbocycles. The molecule has 0 spiro atoms. The Morgan fingerprint density at radius 3 is 2.53 bits per heavy atom. The van der Waals surface area contributed by atoms with E-state index in [0.29, 0.717) is 18.9 Å². The van der Waals surface area contributed by atoms with Crippen molar-refractivity contribution in [3.8, 4) is 0 Å². The van der Waals surface area contributed by atoms with Crippen molar-refractivity contribution in [3.05, 3.63) is 65.5 Å². The van der Waals surface area contributed by atoms with E-state index in [1.54, 1.807) is 18.2 Å². The third-order valence-electron chi connectivity index (χ3n) is 7.11. The van der Waals surface area contributed by atoms with E-state index in [2.05, 4.69) is 9.57 Å². The Hall–Kier alpha value is -3.27. The summed E-state index contributed by atoms with van der Waals surface area (Å²) >= 11 is 0. The normalized spacial score (nSPS) is 27.4. The van der Waals surface area contributed by atoms with Crippen molar-refractivity contribution in [1.82, 2.24) is 4.72 Å². The molecule has 5 rings (SSSR count). The SMILES string of the molecule is [C-]#[N+]c1ccc(N2C(=O)[C@@H]3C4CCC(CCNS(=O)(=O)c5ccccc5)(O4)[C@@H]3C2=O)cc1C(F)(F)F. The van der Waals surface area contributed by atoms with E-state index in [1.165, 1.54) is 12.1 Å². The van der Waals surface area contributed by atoms with Gasteiger partial charge in [-0.25, -0.2) is 22.9 Å². The van der Waals surface area contributed by atoms with Crippen LogP contribution in [0.2, 0.25) is 0 Å². The first-order chi connectivity index (χ1) is 17.0. The van der Waals surface area contributed by atoms with Crippen LogP contribution >= 0.6 is 0 Å². The molecule has 2 aromatic rings. The second-order valence-corrected chi connectivity index (χ2v) is 10.8. The number of benzene rings is 2. The van der Waals surface area contributed by atoms with Crippen molar-refractivity contribution in [2.45, 2.75) is 42.0 Å². The summed E-state index contributed by atoms with van der Waals surface area (Å²) in [6.45, 7) is 6.94. The molecule has 2 unspecified atom stereocenters. The Kier molecular flexibility index (Phi) is 5.70. The van der Waals surface area contributed by atoms with Crippen LogP contribution in [0.4, 0.5) is 24.5 Å². The third kappa shape index (κ3) is 3.78. The van der Waals surface area contributed by atoms with Crippen LogP contribution in [-0.4, -0.2) is 38.5 Å². The zero-order valence-corrected chi connectivity index (χ0v) is 19.5. The molecule has 4 atom stereocenters. The van der Waals surface area contributed by atoms with Crippen molar-refractivity contribution in [2.24, 2.45) is 11.8 Å². The highest BCUT2D eigenvalue weighted by atomic mass is 32.2. The molecule has 0 saturated carbocycles. The molecule has 3 heterocycles. The van der Waals surface area contributed by atoms with Gasteiger partial charge in [-0.3, -0.25) is 9.59 Å². The van der Waals surface area contributed by atoms with Crippen LogP contribution < -0.4 is 9.62 Å². The molecule has 2 amide bonds. The van der Waals surface area contributed by atoms with Gasteiger partial charge in [-0.1, -0.05) is 24.3 Å². The van der Waals surface area contributed by atoms with Gasteiger partial charge in [0.05, 0.1) is 40.6 Å². The Labute approximate surface area is 204 Å². The molecule has 12 heteroatoms. The molecule has 188 valence electrons. The van der Waals surface area contributed by atoms with Gasteiger partial charge in [0.15, 0.2) is 5.69 Å².